The molecule has 230 valence electrons. The lowest BCUT2D eigenvalue weighted by molar-refractivity contribution is -0.177. The molecule has 3 aromatic rings. The summed E-state index contributed by atoms with van der Waals surface area (Å²) in [6.45, 7) is 7.22. The van der Waals surface area contributed by atoms with Crippen LogP contribution < -0.4 is 15.2 Å². The number of amides is 1. The lowest BCUT2D eigenvalue weighted by Gasteiger charge is -2.33. The summed E-state index contributed by atoms with van der Waals surface area (Å²) < 4.78 is 30.4. The van der Waals surface area contributed by atoms with Crippen molar-refractivity contribution in [3.63, 3.8) is 0 Å². The second kappa shape index (κ2) is 12.1. The average Bonchev–Trinajstić information content (AvgIpc) is 3.69. The summed E-state index contributed by atoms with van der Waals surface area (Å²) in [6.07, 6.45) is 2.26. The first kappa shape index (κ1) is 29.9. The normalized spacial score (nSPS) is 20.5. The predicted molar refractivity (Wildman–Crippen MR) is 159 cm³/mol. The van der Waals surface area contributed by atoms with Crippen molar-refractivity contribution in [3.8, 4) is 11.5 Å². The monoisotopic (exact) mass is 676 g/mol. The average molecular weight is 678 g/mol. The van der Waals surface area contributed by atoms with Gasteiger partial charge in [-0.1, -0.05) is 11.8 Å². The molecule has 2 fully saturated rings. The first-order chi connectivity index (χ1) is 20.6. The lowest BCUT2D eigenvalue weighted by Crippen LogP contribution is -2.45. The zero-order chi connectivity index (χ0) is 30.3. The molecule has 15 heteroatoms. The minimum absolute atomic E-state index is 0.108. The van der Waals surface area contributed by atoms with Crippen LogP contribution in [0.1, 0.15) is 40.0 Å². The molecular formula is C28H33BrN6O7S. The smallest absolute Gasteiger partial charge is 0.338 e. The van der Waals surface area contributed by atoms with E-state index < -0.39 is 24.0 Å². The molecule has 0 aliphatic carbocycles. The number of aryl methyl sites for hydroxylation is 1. The van der Waals surface area contributed by atoms with Crippen LogP contribution in [0.15, 0.2) is 33.0 Å². The molecule has 0 bridgehead atoms. The van der Waals surface area contributed by atoms with Gasteiger partial charge >= 0.3 is 5.97 Å². The number of esters is 1. The van der Waals surface area contributed by atoms with Gasteiger partial charge in [-0.15, -0.1) is 0 Å². The van der Waals surface area contributed by atoms with Crippen molar-refractivity contribution in [2.75, 3.05) is 32.2 Å². The number of likely N-dealkylation sites (tertiary alicyclic amines) is 1. The molecule has 3 aliphatic heterocycles. The Kier molecular flexibility index (Phi) is 8.41. The lowest BCUT2D eigenvalue weighted by atomic mass is 9.93. The van der Waals surface area contributed by atoms with E-state index in [2.05, 4.69) is 30.5 Å². The topological polar surface area (TPSA) is 153 Å². The number of rotatable bonds is 8. The first-order valence-electron chi connectivity index (χ1n) is 14.1. The van der Waals surface area contributed by atoms with Gasteiger partial charge in [-0.3, -0.25) is 4.79 Å². The molecule has 2 atom stereocenters. The molecule has 0 spiro atoms. The van der Waals surface area contributed by atoms with Gasteiger partial charge in [-0.05, 0) is 74.0 Å². The molecule has 0 unspecified atom stereocenters. The minimum atomic E-state index is -0.895. The zero-order valence-electron chi connectivity index (χ0n) is 24.1. The van der Waals surface area contributed by atoms with E-state index in [0.717, 1.165) is 33.8 Å². The summed E-state index contributed by atoms with van der Waals surface area (Å²) in [5.41, 5.74) is 7.39. The largest absolute Gasteiger partial charge is 0.454 e. The standard InChI is InChI=1S/C28H33BrN6O7S/c1-15(41-26(37)20-12-40-28(2,3)42-20)25(36)34-7-4-16(5-8-34)6-9-35-24-22(23(30)31-13-32-24)33-27(35)43-21-11-19-18(10-17(21)29)38-14-39-19/h10-11,13,15-16,20H,4-9,12,14H2,1-3H3,(H2,30,31,32)/t15-,20-/m0/s1. The van der Waals surface area contributed by atoms with Gasteiger partial charge in [0.2, 0.25) is 6.79 Å². The number of anilines is 1. The Balaban J connectivity index is 1.07. The number of hydrogen-bond donors (Lipinski definition) is 1. The second-order valence-corrected chi connectivity index (χ2v) is 13.0. The molecule has 0 radical (unpaired) electrons. The number of nitrogen functional groups attached to an aromatic ring is 1. The summed E-state index contributed by atoms with van der Waals surface area (Å²) in [4.78, 5) is 41.6. The van der Waals surface area contributed by atoms with E-state index in [-0.39, 0.29) is 19.3 Å². The van der Waals surface area contributed by atoms with Crippen LogP contribution in [0.5, 0.6) is 11.5 Å². The van der Waals surface area contributed by atoms with E-state index in [1.54, 1.807) is 25.7 Å². The molecule has 2 N–H and O–H groups in total. The maximum atomic E-state index is 13.0. The van der Waals surface area contributed by atoms with Gasteiger partial charge in [0.1, 0.15) is 6.33 Å². The number of imidazole rings is 1. The number of aromatic nitrogens is 4. The molecule has 6 rings (SSSR count). The molecule has 2 saturated heterocycles. The van der Waals surface area contributed by atoms with Crippen LogP contribution in [-0.4, -0.2) is 80.8 Å². The summed E-state index contributed by atoms with van der Waals surface area (Å²) in [6, 6.07) is 3.82. The molecule has 2 aromatic heterocycles. The second-order valence-electron chi connectivity index (χ2n) is 11.2. The molecule has 5 heterocycles. The number of nitrogens with zero attached hydrogens (tertiary/aromatic N) is 5. The fourth-order valence-corrected chi connectivity index (χ4v) is 6.91. The Morgan fingerprint density at radius 3 is 2.67 bits per heavy atom. The quantitative estimate of drug-likeness (QED) is 0.346. The van der Waals surface area contributed by atoms with Gasteiger partial charge in [0, 0.05) is 29.0 Å². The van der Waals surface area contributed by atoms with Crippen LogP contribution in [0, 0.1) is 5.92 Å². The Morgan fingerprint density at radius 1 is 1.21 bits per heavy atom. The van der Waals surface area contributed by atoms with E-state index in [4.69, 9.17) is 34.4 Å². The third kappa shape index (κ3) is 6.40. The molecule has 43 heavy (non-hydrogen) atoms. The van der Waals surface area contributed by atoms with E-state index in [9.17, 15) is 9.59 Å². The van der Waals surface area contributed by atoms with Gasteiger partial charge in [-0.25, -0.2) is 19.7 Å². The summed E-state index contributed by atoms with van der Waals surface area (Å²) in [7, 11) is 0. The number of halogens is 1. The highest BCUT2D eigenvalue weighted by Crippen LogP contribution is 2.43. The van der Waals surface area contributed by atoms with Crippen molar-refractivity contribution in [2.45, 2.75) is 74.6 Å². The summed E-state index contributed by atoms with van der Waals surface area (Å²) >= 11 is 5.12. The maximum absolute atomic E-state index is 13.0. The fourth-order valence-electron chi connectivity index (χ4n) is 5.40. The molecular weight excluding hydrogens is 644 g/mol. The number of benzene rings is 1. The van der Waals surface area contributed by atoms with Crippen molar-refractivity contribution >= 4 is 56.6 Å². The highest BCUT2D eigenvalue weighted by molar-refractivity contribution is 9.10. The van der Waals surface area contributed by atoms with Gasteiger partial charge in [0.15, 0.2) is 51.6 Å². The molecule has 1 aromatic carbocycles. The maximum Gasteiger partial charge on any atom is 0.338 e. The number of hydrogen-bond acceptors (Lipinski definition) is 12. The van der Waals surface area contributed by atoms with Crippen LogP contribution in [0.3, 0.4) is 0 Å². The molecule has 13 nitrogen and oxygen atoms in total. The van der Waals surface area contributed by atoms with Crippen molar-refractivity contribution in [2.24, 2.45) is 5.92 Å². The first-order valence-corrected chi connectivity index (χ1v) is 15.7. The number of fused-ring (bicyclic) bond motifs is 2. The van der Waals surface area contributed by atoms with Gasteiger partial charge < -0.3 is 38.9 Å². The van der Waals surface area contributed by atoms with Crippen molar-refractivity contribution in [3.05, 3.63) is 22.9 Å². The molecule has 1 amide bonds. The van der Waals surface area contributed by atoms with Crippen molar-refractivity contribution in [1.29, 1.82) is 0 Å². The number of nitrogens with two attached hydrogens (primary N) is 1. The fraction of sp³-hybridized carbons (Fsp3) is 0.536. The van der Waals surface area contributed by atoms with Gasteiger partial charge in [0.25, 0.3) is 5.91 Å². The Bertz CT molecular complexity index is 1540. The summed E-state index contributed by atoms with van der Waals surface area (Å²) in [5, 5.41) is 0.741. The van der Waals surface area contributed by atoms with E-state index in [1.165, 1.54) is 18.1 Å². The molecule has 3 aliphatic rings. The van der Waals surface area contributed by atoms with Gasteiger partial charge in [-0.2, -0.15) is 0 Å². The Hall–Kier alpha value is -3.14. The predicted octanol–water partition coefficient (Wildman–Crippen LogP) is 3.76. The van der Waals surface area contributed by atoms with E-state index >= 15 is 0 Å². The highest BCUT2D eigenvalue weighted by Gasteiger charge is 2.39. The van der Waals surface area contributed by atoms with Crippen LogP contribution in [0.2, 0.25) is 0 Å². The van der Waals surface area contributed by atoms with Crippen molar-refractivity contribution in [1.82, 2.24) is 24.4 Å². The highest BCUT2D eigenvalue weighted by atomic mass is 79.9. The van der Waals surface area contributed by atoms with Crippen LogP contribution >= 0.6 is 27.7 Å². The van der Waals surface area contributed by atoms with Crippen LogP contribution in [0.25, 0.3) is 11.2 Å². The SMILES string of the molecule is C[C@H](OC(=O)[C@@H]1COC(C)(C)O1)C(=O)N1CCC(CCn2c(Sc3cc4c(cc3Br)OCO4)nc3c(N)ncnc32)CC1. The van der Waals surface area contributed by atoms with E-state index in [1.807, 2.05) is 12.1 Å². The van der Waals surface area contributed by atoms with Crippen LogP contribution in [0.4, 0.5) is 5.82 Å². The van der Waals surface area contributed by atoms with E-state index in [0.29, 0.717) is 54.0 Å². The van der Waals surface area contributed by atoms with Crippen molar-refractivity contribution < 1.29 is 33.3 Å². The Labute approximate surface area is 260 Å². The third-order valence-electron chi connectivity index (χ3n) is 7.75. The summed E-state index contributed by atoms with van der Waals surface area (Å²) in [5.74, 6) is 0.462. The number of ether oxygens (including phenoxy) is 5. The number of piperidine rings is 1. The van der Waals surface area contributed by atoms with Crippen LogP contribution in [-0.2, 0) is 30.3 Å². The third-order valence-corrected chi connectivity index (χ3v) is 9.72. The Morgan fingerprint density at radius 2 is 1.95 bits per heavy atom. The molecule has 0 saturated carbocycles. The van der Waals surface area contributed by atoms with Gasteiger partial charge in [0.05, 0.1) is 6.61 Å². The zero-order valence-corrected chi connectivity index (χ0v) is 26.5. The number of carbonyl (C=O) groups is 2. The number of carbonyl (C=O) groups excluding carboxylic acids is 2. The minimum Gasteiger partial charge on any atom is -0.454 e.